The highest BCUT2D eigenvalue weighted by molar-refractivity contribution is 6.15. The van der Waals surface area contributed by atoms with E-state index in [0.29, 0.717) is 5.56 Å². The van der Waals surface area contributed by atoms with Crippen LogP contribution in [-0.4, -0.2) is 16.2 Å². The van der Waals surface area contributed by atoms with Gasteiger partial charge in [0.1, 0.15) is 5.75 Å². The highest BCUT2D eigenvalue weighted by Gasteiger charge is 2.29. The lowest BCUT2D eigenvalue weighted by Crippen LogP contribution is -2.19. The van der Waals surface area contributed by atoms with Crippen molar-refractivity contribution in [3.05, 3.63) is 69.8 Å². The van der Waals surface area contributed by atoms with E-state index in [-0.39, 0.29) is 28.1 Å². The van der Waals surface area contributed by atoms with Gasteiger partial charge in [-0.1, -0.05) is 90.4 Å². The minimum Gasteiger partial charge on any atom is -0.507 e. The fourth-order valence-corrected chi connectivity index (χ4v) is 4.07. The number of phenolic OH excluding ortho intramolecular Hbond substituents is 1. The summed E-state index contributed by atoms with van der Waals surface area (Å²) in [6.07, 6.45) is 0. The van der Waals surface area contributed by atoms with Crippen molar-refractivity contribution in [3.8, 4) is 5.75 Å². The molecule has 1 atom stereocenters. The van der Waals surface area contributed by atoms with Crippen LogP contribution in [0.1, 0.15) is 93.3 Å². The molecule has 162 valence electrons. The summed E-state index contributed by atoms with van der Waals surface area (Å²) < 4.78 is 0. The molecule has 3 nitrogen and oxygen atoms in total. The predicted molar refractivity (Wildman–Crippen MR) is 126 cm³/mol. The summed E-state index contributed by atoms with van der Waals surface area (Å²) in [4.78, 5) is 11.9. The van der Waals surface area contributed by atoms with Crippen LogP contribution in [0.15, 0.2) is 30.8 Å². The Bertz CT molecular complexity index is 998. The Morgan fingerprint density at radius 1 is 0.867 bits per heavy atom. The molecule has 0 aromatic heterocycles. The van der Waals surface area contributed by atoms with E-state index in [0.717, 1.165) is 33.4 Å². The van der Waals surface area contributed by atoms with Gasteiger partial charge in [0, 0.05) is 11.5 Å². The number of carboxylic acid groups (broad SMARTS) is 1. The second-order valence-electron chi connectivity index (χ2n) is 10.5. The highest BCUT2D eigenvalue weighted by atomic mass is 16.4. The monoisotopic (exact) mass is 408 g/mol. The second-order valence-corrected chi connectivity index (χ2v) is 10.5. The summed E-state index contributed by atoms with van der Waals surface area (Å²) in [5, 5.41) is 21.0. The lowest BCUT2D eigenvalue weighted by atomic mass is 9.75. The topological polar surface area (TPSA) is 57.5 Å². The van der Waals surface area contributed by atoms with E-state index in [1.807, 2.05) is 39.0 Å². The minimum absolute atomic E-state index is 0.0879. The molecule has 0 amide bonds. The first-order chi connectivity index (χ1) is 13.6. The Hall–Kier alpha value is -2.55. The zero-order valence-corrected chi connectivity index (χ0v) is 19.9. The summed E-state index contributed by atoms with van der Waals surface area (Å²) in [6, 6.07) is 8.11. The van der Waals surface area contributed by atoms with Crippen molar-refractivity contribution in [3.63, 3.8) is 0 Å². The smallest absolute Gasteiger partial charge is 0.335 e. The Morgan fingerprint density at radius 3 is 1.73 bits per heavy atom. The maximum atomic E-state index is 11.9. The number of aliphatic carboxylic acids is 1. The molecular weight excluding hydrogens is 372 g/mol. The van der Waals surface area contributed by atoms with Crippen molar-refractivity contribution in [1.82, 2.24) is 0 Å². The summed E-state index contributed by atoms with van der Waals surface area (Å²) in [5.41, 5.74) is 5.98. The summed E-state index contributed by atoms with van der Waals surface area (Å²) in [6.45, 7) is 22.5. The van der Waals surface area contributed by atoms with Crippen LogP contribution in [0.4, 0.5) is 0 Å². The largest absolute Gasteiger partial charge is 0.507 e. The van der Waals surface area contributed by atoms with Gasteiger partial charge in [0.05, 0.1) is 5.57 Å². The molecule has 1 unspecified atom stereocenters. The van der Waals surface area contributed by atoms with Crippen LogP contribution in [0.3, 0.4) is 0 Å². The molecule has 2 aromatic carbocycles. The minimum atomic E-state index is -1.03. The first-order valence-corrected chi connectivity index (χ1v) is 10.5. The van der Waals surface area contributed by atoms with Crippen LogP contribution in [0.25, 0.3) is 5.57 Å². The van der Waals surface area contributed by atoms with Crippen molar-refractivity contribution in [1.29, 1.82) is 0 Å². The molecule has 2 aromatic rings. The standard InChI is InChI=1S/C27H36O3/c1-15-11-19(23(18(4)25(29)30)21(13-15)26(5,6)7)17(3)20-12-16(2)14-22(24(20)28)27(8,9)10/h11-14,17,28H,4H2,1-3,5-10H3,(H,29,30). The molecule has 2 N–H and O–H groups in total. The molecule has 0 fully saturated rings. The van der Waals surface area contributed by atoms with Crippen molar-refractivity contribution in [2.24, 2.45) is 0 Å². The van der Waals surface area contributed by atoms with Gasteiger partial charge in [0.15, 0.2) is 0 Å². The van der Waals surface area contributed by atoms with Gasteiger partial charge in [0.2, 0.25) is 0 Å². The maximum Gasteiger partial charge on any atom is 0.335 e. The normalized spacial score (nSPS) is 13.2. The van der Waals surface area contributed by atoms with E-state index in [2.05, 4.69) is 54.2 Å². The van der Waals surface area contributed by atoms with Gasteiger partial charge in [-0.3, -0.25) is 0 Å². The Labute approximate surface area is 181 Å². The predicted octanol–water partition coefficient (Wildman–Crippen LogP) is 6.85. The van der Waals surface area contributed by atoms with E-state index >= 15 is 0 Å². The number of carbonyl (C=O) groups is 1. The number of benzene rings is 2. The molecule has 0 radical (unpaired) electrons. The van der Waals surface area contributed by atoms with Gasteiger partial charge < -0.3 is 10.2 Å². The SMILES string of the molecule is C=C(C(=O)O)c1c(C(C)c2cc(C)cc(C(C)(C)C)c2O)cc(C)cc1C(C)(C)C. The van der Waals surface area contributed by atoms with Crippen molar-refractivity contribution < 1.29 is 15.0 Å². The van der Waals surface area contributed by atoms with Crippen LogP contribution in [0.2, 0.25) is 0 Å². The number of aryl methyl sites for hydroxylation is 2. The third-order valence-corrected chi connectivity index (χ3v) is 5.71. The van der Waals surface area contributed by atoms with Crippen LogP contribution >= 0.6 is 0 Å². The maximum absolute atomic E-state index is 11.9. The number of hydrogen-bond donors (Lipinski definition) is 2. The Balaban J connectivity index is 2.88. The van der Waals surface area contributed by atoms with Crippen molar-refractivity contribution in [2.75, 3.05) is 0 Å². The highest BCUT2D eigenvalue weighted by Crippen LogP contribution is 2.43. The Morgan fingerprint density at radius 2 is 1.30 bits per heavy atom. The zero-order chi connectivity index (χ0) is 23.2. The molecule has 0 aliphatic carbocycles. The molecule has 0 bridgehead atoms. The van der Waals surface area contributed by atoms with Crippen LogP contribution < -0.4 is 0 Å². The fraction of sp³-hybridized carbons (Fsp3) is 0.444. The molecule has 3 heteroatoms. The molecular formula is C27H36O3. The van der Waals surface area contributed by atoms with E-state index in [1.54, 1.807) is 0 Å². The summed E-state index contributed by atoms with van der Waals surface area (Å²) in [7, 11) is 0. The quantitative estimate of drug-likeness (QED) is 0.544. The number of phenols is 1. The zero-order valence-electron chi connectivity index (χ0n) is 19.9. The third-order valence-electron chi connectivity index (χ3n) is 5.71. The van der Waals surface area contributed by atoms with Crippen LogP contribution in [0, 0.1) is 13.8 Å². The first-order valence-electron chi connectivity index (χ1n) is 10.5. The summed E-state index contributed by atoms with van der Waals surface area (Å²) in [5.74, 6) is -0.939. The van der Waals surface area contributed by atoms with Crippen molar-refractivity contribution >= 4 is 11.5 Å². The molecule has 0 aliphatic rings. The van der Waals surface area contributed by atoms with Gasteiger partial charge in [-0.05, 0) is 46.9 Å². The lowest BCUT2D eigenvalue weighted by molar-refractivity contribution is -0.130. The molecule has 0 spiro atoms. The third kappa shape index (κ3) is 4.61. The van der Waals surface area contributed by atoms with Gasteiger partial charge in [-0.15, -0.1) is 0 Å². The van der Waals surface area contributed by atoms with Crippen LogP contribution in [-0.2, 0) is 15.6 Å². The second kappa shape index (κ2) is 7.94. The number of rotatable bonds is 4. The molecule has 2 rings (SSSR count). The fourth-order valence-electron chi connectivity index (χ4n) is 4.07. The Kier molecular flexibility index (Phi) is 6.28. The van der Waals surface area contributed by atoms with Gasteiger partial charge >= 0.3 is 5.97 Å². The number of carboxylic acids is 1. The molecule has 0 aliphatic heterocycles. The van der Waals surface area contributed by atoms with Gasteiger partial charge in [-0.2, -0.15) is 0 Å². The van der Waals surface area contributed by atoms with Crippen molar-refractivity contribution in [2.45, 2.75) is 79.1 Å². The average Bonchev–Trinajstić information content (AvgIpc) is 2.59. The summed E-state index contributed by atoms with van der Waals surface area (Å²) >= 11 is 0. The lowest BCUT2D eigenvalue weighted by Gasteiger charge is -2.29. The molecule has 0 heterocycles. The molecule has 30 heavy (non-hydrogen) atoms. The van der Waals surface area contributed by atoms with Gasteiger partial charge in [0.25, 0.3) is 0 Å². The first kappa shape index (κ1) is 23.7. The average molecular weight is 409 g/mol. The van der Waals surface area contributed by atoms with Crippen LogP contribution in [0.5, 0.6) is 5.75 Å². The van der Waals surface area contributed by atoms with E-state index in [9.17, 15) is 15.0 Å². The van der Waals surface area contributed by atoms with E-state index < -0.39 is 5.97 Å². The molecule has 0 saturated heterocycles. The molecule has 0 saturated carbocycles. The number of hydrogen-bond acceptors (Lipinski definition) is 2. The van der Waals surface area contributed by atoms with Gasteiger partial charge in [-0.25, -0.2) is 4.79 Å². The van der Waals surface area contributed by atoms with E-state index in [1.165, 1.54) is 0 Å². The van der Waals surface area contributed by atoms with E-state index in [4.69, 9.17) is 0 Å². The number of aromatic hydroxyl groups is 1.